The highest BCUT2D eigenvalue weighted by molar-refractivity contribution is 5.79. The molecule has 6 nitrogen and oxygen atoms in total. The summed E-state index contributed by atoms with van der Waals surface area (Å²) in [5, 5.41) is 0. The van der Waals surface area contributed by atoms with Crippen molar-refractivity contribution in [2.75, 3.05) is 44.4 Å². The molecule has 0 radical (unpaired) electrons. The summed E-state index contributed by atoms with van der Waals surface area (Å²) < 4.78 is 11.3. The van der Waals surface area contributed by atoms with Gasteiger partial charge in [-0.1, -0.05) is 6.07 Å². The number of hydrogen-bond acceptors (Lipinski definition) is 5. The van der Waals surface area contributed by atoms with Gasteiger partial charge in [-0.05, 0) is 37.8 Å². The molecule has 6 heteroatoms. The summed E-state index contributed by atoms with van der Waals surface area (Å²) in [6.45, 7) is 6.54. The van der Waals surface area contributed by atoms with E-state index in [0.717, 1.165) is 51.3 Å². The lowest BCUT2D eigenvalue weighted by molar-refractivity contribution is -0.165. The number of carbonyl (C=O) groups is 1. The number of anilines is 1. The van der Waals surface area contributed by atoms with Gasteiger partial charge in [0, 0.05) is 38.4 Å². The second-order valence-corrected chi connectivity index (χ2v) is 7.33. The first-order valence-electron chi connectivity index (χ1n) is 9.40. The Hall–Kier alpha value is -1.66. The third kappa shape index (κ3) is 3.51. The molecule has 0 N–H and O–H groups in total. The number of hydrogen-bond donors (Lipinski definition) is 0. The van der Waals surface area contributed by atoms with Crippen molar-refractivity contribution in [2.24, 2.45) is 5.92 Å². The first-order valence-corrected chi connectivity index (χ1v) is 9.40. The number of amides is 1. The number of carbonyl (C=O) groups excluding carboxylic acids is 1. The van der Waals surface area contributed by atoms with Crippen molar-refractivity contribution < 1.29 is 14.3 Å². The van der Waals surface area contributed by atoms with Crippen LogP contribution in [0.25, 0.3) is 0 Å². The Bertz CT molecular complexity index is 596. The molecule has 0 unspecified atom stereocenters. The predicted molar refractivity (Wildman–Crippen MR) is 94.6 cm³/mol. The zero-order valence-electron chi connectivity index (χ0n) is 14.9. The van der Waals surface area contributed by atoms with Crippen LogP contribution in [0, 0.1) is 12.8 Å². The molecule has 3 fully saturated rings. The van der Waals surface area contributed by atoms with Crippen LogP contribution in [-0.2, 0) is 14.3 Å². The van der Waals surface area contributed by atoms with Crippen LogP contribution in [0.2, 0.25) is 0 Å². The summed E-state index contributed by atoms with van der Waals surface area (Å²) in [7, 11) is 0. The van der Waals surface area contributed by atoms with Gasteiger partial charge in [-0.15, -0.1) is 0 Å². The summed E-state index contributed by atoms with van der Waals surface area (Å²) in [5.74, 6) is 1.47. The third-order valence-corrected chi connectivity index (χ3v) is 5.68. The van der Waals surface area contributed by atoms with E-state index in [9.17, 15) is 4.79 Å². The van der Waals surface area contributed by atoms with Crippen molar-refractivity contribution in [1.82, 2.24) is 9.88 Å². The van der Waals surface area contributed by atoms with E-state index >= 15 is 0 Å². The molecule has 1 amide bonds. The second kappa shape index (κ2) is 7.30. The molecule has 3 aliphatic heterocycles. The van der Waals surface area contributed by atoms with Crippen LogP contribution in [0.4, 0.5) is 5.82 Å². The number of pyridine rings is 1. The smallest absolute Gasteiger partial charge is 0.226 e. The highest BCUT2D eigenvalue weighted by atomic mass is 16.5. The molecule has 0 aromatic carbocycles. The van der Waals surface area contributed by atoms with E-state index in [-0.39, 0.29) is 18.1 Å². The summed E-state index contributed by atoms with van der Waals surface area (Å²) in [4.78, 5) is 22.0. The normalized spacial score (nSPS) is 27.9. The van der Waals surface area contributed by atoms with E-state index in [4.69, 9.17) is 9.47 Å². The standard InChI is InChI=1S/C19H27N3O3/c1-14-2-3-18(20-12-14)21-7-4-15(5-8-21)19(23)22-9-11-25-17-13-24-10-6-16(17)22/h2-3,12,15-17H,4-11,13H2,1H3/t16-,17+/m0/s1. The van der Waals surface area contributed by atoms with Crippen molar-refractivity contribution in [3.05, 3.63) is 23.9 Å². The lowest BCUT2D eigenvalue weighted by Crippen LogP contribution is -2.59. The predicted octanol–water partition coefficient (Wildman–Crippen LogP) is 1.62. The Morgan fingerprint density at radius 3 is 2.76 bits per heavy atom. The zero-order chi connectivity index (χ0) is 17.2. The highest BCUT2D eigenvalue weighted by Gasteiger charge is 2.40. The van der Waals surface area contributed by atoms with Crippen molar-refractivity contribution >= 4 is 11.7 Å². The maximum absolute atomic E-state index is 13.1. The van der Waals surface area contributed by atoms with E-state index in [1.807, 2.05) is 13.1 Å². The first-order chi connectivity index (χ1) is 12.2. The molecule has 1 aromatic rings. The van der Waals surface area contributed by atoms with E-state index in [2.05, 4.69) is 26.9 Å². The molecule has 2 atom stereocenters. The molecule has 0 aliphatic carbocycles. The molecule has 4 rings (SSSR count). The molecule has 3 saturated heterocycles. The largest absolute Gasteiger partial charge is 0.379 e. The van der Waals surface area contributed by atoms with Gasteiger partial charge in [0.15, 0.2) is 0 Å². The number of ether oxygens (including phenoxy) is 2. The van der Waals surface area contributed by atoms with Crippen molar-refractivity contribution in [3.8, 4) is 0 Å². The van der Waals surface area contributed by atoms with Gasteiger partial charge >= 0.3 is 0 Å². The number of fused-ring (bicyclic) bond motifs is 1. The van der Waals surface area contributed by atoms with E-state index in [1.54, 1.807) is 0 Å². The van der Waals surface area contributed by atoms with Gasteiger partial charge in [0.1, 0.15) is 11.9 Å². The second-order valence-electron chi connectivity index (χ2n) is 7.33. The van der Waals surface area contributed by atoms with Crippen molar-refractivity contribution in [2.45, 2.75) is 38.3 Å². The minimum absolute atomic E-state index is 0.0586. The Morgan fingerprint density at radius 1 is 1.16 bits per heavy atom. The van der Waals surface area contributed by atoms with E-state index < -0.39 is 0 Å². The Kier molecular flexibility index (Phi) is 4.90. The fourth-order valence-electron chi connectivity index (χ4n) is 4.20. The minimum atomic E-state index is 0.0586. The highest BCUT2D eigenvalue weighted by Crippen LogP contribution is 2.28. The van der Waals surface area contributed by atoms with Gasteiger partial charge in [-0.3, -0.25) is 4.79 Å². The Labute approximate surface area is 149 Å². The van der Waals surface area contributed by atoms with E-state index in [0.29, 0.717) is 19.1 Å². The summed E-state index contributed by atoms with van der Waals surface area (Å²) in [5.41, 5.74) is 1.17. The Balaban J connectivity index is 1.36. The molecule has 4 heterocycles. The number of piperidine rings is 1. The lowest BCUT2D eigenvalue weighted by atomic mass is 9.92. The fraction of sp³-hybridized carbons (Fsp3) is 0.684. The summed E-state index contributed by atoms with van der Waals surface area (Å²) in [6, 6.07) is 4.37. The van der Waals surface area contributed by atoms with Crippen molar-refractivity contribution in [3.63, 3.8) is 0 Å². The van der Waals surface area contributed by atoms with Crippen LogP contribution in [0.1, 0.15) is 24.8 Å². The molecule has 1 aromatic heterocycles. The van der Waals surface area contributed by atoms with Crippen LogP contribution >= 0.6 is 0 Å². The van der Waals surface area contributed by atoms with Gasteiger partial charge < -0.3 is 19.3 Å². The van der Waals surface area contributed by atoms with Crippen LogP contribution < -0.4 is 4.90 Å². The zero-order valence-corrected chi connectivity index (χ0v) is 14.9. The number of rotatable bonds is 2. The molecule has 25 heavy (non-hydrogen) atoms. The van der Waals surface area contributed by atoms with Crippen molar-refractivity contribution in [1.29, 1.82) is 0 Å². The maximum atomic E-state index is 13.1. The number of morpholine rings is 1. The quantitative estimate of drug-likeness (QED) is 0.815. The first kappa shape index (κ1) is 16.8. The van der Waals surface area contributed by atoms with Gasteiger partial charge in [0.2, 0.25) is 5.91 Å². The van der Waals surface area contributed by atoms with E-state index in [1.165, 1.54) is 5.56 Å². The summed E-state index contributed by atoms with van der Waals surface area (Å²) in [6.07, 6.45) is 4.66. The molecule has 0 bridgehead atoms. The van der Waals surface area contributed by atoms with Gasteiger partial charge in [0.25, 0.3) is 0 Å². The van der Waals surface area contributed by atoms with Crippen LogP contribution in [-0.4, -0.2) is 67.4 Å². The molecule has 136 valence electrons. The average Bonchev–Trinajstić information content (AvgIpc) is 2.68. The molecule has 0 spiro atoms. The minimum Gasteiger partial charge on any atom is -0.379 e. The average molecular weight is 345 g/mol. The Morgan fingerprint density at radius 2 is 2.00 bits per heavy atom. The molecule has 0 saturated carbocycles. The van der Waals surface area contributed by atoms with Gasteiger partial charge in [0.05, 0.1) is 19.3 Å². The summed E-state index contributed by atoms with van der Waals surface area (Å²) >= 11 is 0. The van der Waals surface area contributed by atoms with Crippen LogP contribution in [0.15, 0.2) is 18.3 Å². The van der Waals surface area contributed by atoms with Gasteiger partial charge in [-0.2, -0.15) is 0 Å². The molecular formula is C19H27N3O3. The number of aryl methyl sites for hydroxylation is 1. The van der Waals surface area contributed by atoms with Crippen LogP contribution in [0.5, 0.6) is 0 Å². The molecule has 3 aliphatic rings. The fourth-order valence-corrected chi connectivity index (χ4v) is 4.20. The van der Waals surface area contributed by atoms with Crippen LogP contribution in [0.3, 0.4) is 0 Å². The number of aromatic nitrogens is 1. The number of nitrogens with zero attached hydrogens (tertiary/aromatic N) is 3. The third-order valence-electron chi connectivity index (χ3n) is 5.68. The monoisotopic (exact) mass is 345 g/mol. The molecular weight excluding hydrogens is 318 g/mol. The van der Waals surface area contributed by atoms with Gasteiger partial charge in [-0.25, -0.2) is 4.98 Å². The SMILES string of the molecule is Cc1ccc(N2CCC(C(=O)N3CCO[C@@H]4COCC[C@@H]43)CC2)nc1. The topological polar surface area (TPSA) is 54.9 Å². The maximum Gasteiger partial charge on any atom is 0.226 e. The lowest BCUT2D eigenvalue weighted by Gasteiger charge is -2.45.